The van der Waals surface area contributed by atoms with E-state index in [9.17, 15) is 14.4 Å². The first-order chi connectivity index (χ1) is 14.1. The summed E-state index contributed by atoms with van der Waals surface area (Å²) in [6.07, 6.45) is 1.14. The van der Waals surface area contributed by atoms with Gasteiger partial charge in [-0.2, -0.15) is 0 Å². The number of carbonyl (C=O) groups excluding carboxylic acids is 3. The minimum absolute atomic E-state index is 0.0789. The summed E-state index contributed by atoms with van der Waals surface area (Å²) >= 11 is 0. The van der Waals surface area contributed by atoms with Crippen molar-refractivity contribution >= 4 is 17.7 Å². The minimum atomic E-state index is -0.513. The Morgan fingerprint density at radius 1 is 0.759 bits per heavy atom. The van der Waals surface area contributed by atoms with Gasteiger partial charge in [0.1, 0.15) is 12.4 Å². The highest BCUT2D eigenvalue weighted by Crippen LogP contribution is 2.16. The van der Waals surface area contributed by atoms with Crippen molar-refractivity contribution in [1.29, 1.82) is 0 Å². The summed E-state index contributed by atoms with van der Waals surface area (Å²) in [6, 6.07) is 15.6. The molecule has 0 aliphatic rings. The number of methoxy groups -OCH3 is 1. The molecule has 2 rings (SSSR count). The Kier molecular flexibility index (Phi) is 9.38. The van der Waals surface area contributed by atoms with Crippen LogP contribution in [0.2, 0.25) is 0 Å². The van der Waals surface area contributed by atoms with Crippen LogP contribution in [-0.4, -0.2) is 51.3 Å². The molecule has 0 aliphatic heterocycles. The van der Waals surface area contributed by atoms with Gasteiger partial charge < -0.3 is 18.9 Å². The zero-order chi connectivity index (χ0) is 20.9. The number of ketones is 1. The molecule has 0 N–H and O–H groups in total. The topological polar surface area (TPSA) is 88.1 Å². The molecule has 0 aliphatic carbocycles. The molecule has 0 aromatic heterocycles. The van der Waals surface area contributed by atoms with Gasteiger partial charge in [0.2, 0.25) is 0 Å². The van der Waals surface area contributed by atoms with Gasteiger partial charge in [-0.3, -0.25) is 4.79 Å². The summed E-state index contributed by atoms with van der Waals surface area (Å²) in [5.74, 6) is -0.648. The average molecular weight is 400 g/mol. The number of carbonyl (C=O) groups is 3. The van der Waals surface area contributed by atoms with E-state index in [1.54, 1.807) is 48.5 Å². The van der Waals surface area contributed by atoms with Crippen LogP contribution in [0.3, 0.4) is 0 Å². The quantitative estimate of drug-likeness (QED) is 0.307. The van der Waals surface area contributed by atoms with Crippen molar-refractivity contribution < 1.29 is 33.3 Å². The van der Waals surface area contributed by atoms with Crippen molar-refractivity contribution in [3.8, 4) is 5.75 Å². The fourth-order valence-corrected chi connectivity index (χ4v) is 2.40. The van der Waals surface area contributed by atoms with Gasteiger partial charge in [-0.15, -0.1) is 0 Å². The summed E-state index contributed by atoms with van der Waals surface area (Å²) in [6.45, 7) is 0.116. The van der Waals surface area contributed by atoms with E-state index < -0.39 is 11.9 Å². The lowest BCUT2D eigenvalue weighted by Crippen LogP contribution is -2.16. The Morgan fingerprint density at radius 3 is 2.03 bits per heavy atom. The maximum absolute atomic E-state index is 12.5. The summed E-state index contributed by atoms with van der Waals surface area (Å²) in [5.41, 5.74) is 1.06. The number of esters is 2. The third kappa shape index (κ3) is 8.15. The van der Waals surface area contributed by atoms with E-state index in [1.165, 1.54) is 7.11 Å². The molecule has 0 amide bonds. The summed E-state index contributed by atoms with van der Waals surface area (Å²) in [5, 5.41) is 0. The highest BCUT2D eigenvalue weighted by atomic mass is 16.6. The molecule has 2 aromatic carbocycles. The van der Waals surface area contributed by atoms with Crippen LogP contribution in [0, 0.1) is 0 Å². The molecule has 0 radical (unpaired) electrons. The fraction of sp³-hybridized carbons (Fsp3) is 0.318. The molecule has 154 valence electrons. The van der Waals surface area contributed by atoms with E-state index in [4.69, 9.17) is 14.2 Å². The second-order valence-corrected chi connectivity index (χ2v) is 6.09. The van der Waals surface area contributed by atoms with Crippen LogP contribution < -0.4 is 4.74 Å². The number of hydrogen-bond acceptors (Lipinski definition) is 7. The third-order valence-corrected chi connectivity index (χ3v) is 3.82. The molecule has 7 nitrogen and oxygen atoms in total. The second kappa shape index (κ2) is 12.3. The molecule has 0 fully saturated rings. The van der Waals surface area contributed by atoms with E-state index in [0.717, 1.165) is 0 Å². The molecule has 0 heterocycles. The van der Waals surface area contributed by atoms with Gasteiger partial charge in [-0.25, -0.2) is 9.59 Å². The smallest absolute Gasteiger partial charge is 0.344 e. The standard InChI is InChI=1S/C22H24O7/c1-26-15-20(23)27-12-5-6-13-28-21(24)16-29-19-11-7-10-18(14-19)22(25)17-8-3-2-4-9-17/h2-4,7-11,14H,5-6,12-13,15-16H2,1H3. The van der Waals surface area contributed by atoms with Gasteiger partial charge in [0.25, 0.3) is 0 Å². The molecule has 0 atom stereocenters. The first kappa shape index (κ1) is 22.1. The van der Waals surface area contributed by atoms with Crippen molar-refractivity contribution in [3.63, 3.8) is 0 Å². The van der Waals surface area contributed by atoms with Gasteiger partial charge in [-0.1, -0.05) is 42.5 Å². The lowest BCUT2D eigenvalue weighted by Gasteiger charge is -2.08. The first-order valence-electron chi connectivity index (χ1n) is 9.23. The number of hydrogen-bond donors (Lipinski definition) is 0. The van der Waals surface area contributed by atoms with E-state index >= 15 is 0 Å². The normalized spacial score (nSPS) is 10.2. The lowest BCUT2D eigenvalue weighted by molar-refractivity contribution is -0.149. The molecule has 0 unspecified atom stereocenters. The fourth-order valence-electron chi connectivity index (χ4n) is 2.40. The molecule has 0 bridgehead atoms. The van der Waals surface area contributed by atoms with Gasteiger partial charge in [0, 0.05) is 18.2 Å². The molecule has 0 saturated heterocycles. The predicted octanol–water partition coefficient (Wildman–Crippen LogP) is 2.81. The van der Waals surface area contributed by atoms with Crippen LogP contribution in [0.1, 0.15) is 28.8 Å². The van der Waals surface area contributed by atoms with Crippen LogP contribution in [0.15, 0.2) is 54.6 Å². The van der Waals surface area contributed by atoms with Crippen molar-refractivity contribution in [2.24, 2.45) is 0 Å². The van der Waals surface area contributed by atoms with Crippen molar-refractivity contribution in [2.45, 2.75) is 12.8 Å². The lowest BCUT2D eigenvalue weighted by atomic mass is 10.0. The molecule has 2 aromatic rings. The number of unbranched alkanes of at least 4 members (excludes halogenated alkanes) is 1. The van der Waals surface area contributed by atoms with Crippen molar-refractivity contribution in [2.75, 3.05) is 33.5 Å². The molecular formula is C22H24O7. The zero-order valence-corrected chi connectivity index (χ0v) is 16.3. The Bertz CT molecular complexity index is 802. The number of benzene rings is 2. The van der Waals surface area contributed by atoms with E-state index in [-0.39, 0.29) is 32.2 Å². The highest BCUT2D eigenvalue weighted by Gasteiger charge is 2.10. The third-order valence-electron chi connectivity index (χ3n) is 3.82. The van der Waals surface area contributed by atoms with Crippen LogP contribution in [-0.2, 0) is 23.8 Å². The zero-order valence-electron chi connectivity index (χ0n) is 16.3. The largest absolute Gasteiger partial charge is 0.482 e. The highest BCUT2D eigenvalue weighted by molar-refractivity contribution is 6.09. The van der Waals surface area contributed by atoms with Gasteiger partial charge >= 0.3 is 11.9 Å². The van der Waals surface area contributed by atoms with Gasteiger partial charge in [0.05, 0.1) is 13.2 Å². The Balaban J connectivity index is 1.68. The molecule has 0 spiro atoms. The predicted molar refractivity (Wildman–Crippen MR) is 105 cm³/mol. The van der Waals surface area contributed by atoms with E-state index in [1.807, 2.05) is 6.07 Å². The van der Waals surface area contributed by atoms with Crippen LogP contribution in [0.5, 0.6) is 5.75 Å². The SMILES string of the molecule is COCC(=O)OCCCCOC(=O)COc1cccc(C(=O)c2ccccc2)c1. The first-order valence-corrected chi connectivity index (χ1v) is 9.23. The summed E-state index contributed by atoms with van der Waals surface area (Å²) < 4.78 is 20.0. The Morgan fingerprint density at radius 2 is 1.38 bits per heavy atom. The number of ether oxygens (including phenoxy) is 4. The maximum Gasteiger partial charge on any atom is 0.344 e. The summed E-state index contributed by atoms with van der Waals surface area (Å²) in [7, 11) is 1.42. The van der Waals surface area contributed by atoms with Crippen molar-refractivity contribution in [1.82, 2.24) is 0 Å². The Hall–Kier alpha value is -3.19. The Labute approximate surface area is 169 Å². The average Bonchev–Trinajstić information content (AvgIpc) is 2.75. The van der Waals surface area contributed by atoms with E-state index in [0.29, 0.717) is 29.7 Å². The maximum atomic E-state index is 12.5. The van der Waals surface area contributed by atoms with Crippen molar-refractivity contribution in [3.05, 3.63) is 65.7 Å². The molecule has 0 saturated carbocycles. The molecular weight excluding hydrogens is 376 g/mol. The molecule has 7 heteroatoms. The van der Waals surface area contributed by atoms with Crippen LogP contribution in [0.25, 0.3) is 0 Å². The van der Waals surface area contributed by atoms with E-state index in [2.05, 4.69) is 4.74 Å². The van der Waals surface area contributed by atoms with Gasteiger partial charge in [0.15, 0.2) is 12.4 Å². The number of rotatable bonds is 12. The molecule has 29 heavy (non-hydrogen) atoms. The minimum Gasteiger partial charge on any atom is -0.482 e. The van der Waals surface area contributed by atoms with Crippen LogP contribution in [0.4, 0.5) is 0 Å². The summed E-state index contributed by atoms with van der Waals surface area (Å²) in [4.78, 5) is 35.3. The van der Waals surface area contributed by atoms with Crippen LogP contribution >= 0.6 is 0 Å². The second-order valence-electron chi connectivity index (χ2n) is 6.09. The monoisotopic (exact) mass is 400 g/mol. The van der Waals surface area contributed by atoms with Gasteiger partial charge in [-0.05, 0) is 25.0 Å².